The normalized spacial score (nSPS) is 10.8. The third-order valence-corrected chi connectivity index (χ3v) is 3.79. The van der Waals surface area contributed by atoms with E-state index in [0.29, 0.717) is 23.3 Å². The predicted octanol–water partition coefficient (Wildman–Crippen LogP) is 2.65. The van der Waals surface area contributed by atoms with Crippen LogP contribution in [0.2, 0.25) is 0 Å². The largest absolute Gasteiger partial charge is 0.478 e. The number of aromatic carboxylic acids is 1. The van der Waals surface area contributed by atoms with Gasteiger partial charge >= 0.3 is 5.97 Å². The molecule has 7 heteroatoms. The number of nitrogens with zero attached hydrogens (tertiary/aromatic N) is 1. The van der Waals surface area contributed by atoms with E-state index in [1.54, 1.807) is 18.2 Å². The zero-order valence-electron chi connectivity index (χ0n) is 13.3. The Labute approximate surface area is 142 Å². The molecule has 0 saturated carbocycles. The fourth-order valence-electron chi connectivity index (χ4n) is 2.46. The molecule has 1 aromatic heterocycles. The minimum absolute atomic E-state index is 0.144. The van der Waals surface area contributed by atoms with Crippen LogP contribution in [0, 0.1) is 5.82 Å². The van der Waals surface area contributed by atoms with Crippen LogP contribution >= 0.6 is 0 Å². The van der Waals surface area contributed by atoms with Crippen LogP contribution in [0.5, 0.6) is 0 Å². The maximum absolute atomic E-state index is 13.1. The van der Waals surface area contributed by atoms with Gasteiger partial charge in [-0.05, 0) is 42.3 Å². The van der Waals surface area contributed by atoms with Gasteiger partial charge in [0, 0.05) is 6.42 Å². The number of H-pyrrole nitrogens is 1. The van der Waals surface area contributed by atoms with Gasteiger partial charge in [0.15, 0.2) is 0 Å². The van der Waals surface area contributed by atoms with E-state index in [0.717, 1.165) is 5.56 Å². The molecule has 0 bridgehead atoms. The third-order valence-electron chi connectivity index (χ3n) is 3.79. The highest BCUT2D eigenvalue weighted by molar-refractivity contribution is 5.87. The molecule has 25 heavy (non-hydrogen) atoms. The summed E-state index contributed by atoms with van der Waals surface area (Å²) < 4.78 is 13.1. The standard InChI is InChI=1S/C18H16FN3O3/c19-13-6-7-14-15(9-13)22-16(21-14)10-20-17(23)8-3-11-1-4-12(5-2-11)18(24)25/h1-2,4-7,9H,3,8,10H2,(H,20,23)(H,21,22)(H,24,25). The van der Waals surface area contributed by atoms with Crippen molar-refractivity contribution in [2.45, 2.75) is 19.4 Å². The fourth-order valence-corrected chi connectivity index (χ4v) is 2.46. The van der Waals surface area contributed by atoms with Crippen LogP contribution < -0.4 is 5.32 Å². The molecular weight excluding hydrogens is 325 g/mol. The summed E-state index contributed by atoms with van der Waals surface area (Å²) >= 11 is 0. The predicted molar refractivity (Wildman–Crippen MR) is 89.6 cm³/mol. The van der Waals surface area contributed by atoms with Gasteiger partial charge < -0.3 is 15.4 Å². The van der Waals surface area contributed by atoms with E-state index in [2.05, 4.69) is 15.3 Å². The molecule has 0 radical (unpaired) electrons. The maximum Gasteiger partial charge on any atom is 0.335 e. The second-order valence-corrected chi connectivity index (χ2v) is 5.62. The number of halogens is 1. The summed E-state index contributed by atoms with van der Waals surface area (Å²) in [6, 6.07) is 10.7. The lowest BCUT2D eigenvalue weighted by Gasteiger charge is -2.04. The van der Waals surface area contributed by atoms with Crippen molar-refractivity contribution in [3.05, 3.63) is 65.2 Å². The maximum atomic E-state index is 13.1. The monoisotopic (exact) mass is 341 g/mol. The highest BCUT2D eigenvalue weighted by Gasteiger charge is 2.07. The number of carboxylic acid groups (broad SMARTS) is 1. The smallest absolute Gasteiger partial charge is 0.335 e. The van der Waals surface area contributed by atoms with E-state index in [9.17, 15) is 14.0 Å². The molecule has 1 heterocycles. The average Bonchev–Trinajstić information content (AvgIpc) is 3.00. The summed E-state index contributed by atoms with van der Waals surface area (Å²) in [5, 5.41) is 11.6. The van der Waals surface area contributed by atoms with Crippen LogP contribution in [0.15, 0.2) is 42.5 Å². The number of aryl methyl sites for hydroxylation is 1. The van der Waals surface area contributed by atoms with Gasteiger partial charge in [0.1, 0.15) is 11.6 Å². The molecule has 0 saturated heterocycles. The fraction of sp³-hybridized carbons (Fsp3) is 0.167. The van der Waals surface area contributed by atoms with Gasteiger partial charge in [0.2, 0.25) is 5.91 Å². The van der Waals surface area contributed by atoms with Crippen molar-refractivity contribution < 1.29 is 19.1 Å². The van der Waals surface area contributed by atoms with Gasteiger partial charge in [-0.2, -0.15) is 0 Å². The third kappa shape index (κ3) is 4.20. The Hall–Kier alpha value is -3.22. The summed E-state index contributed by atoms with van der Waals surface area (Å²) in [7, 11) is 0. The van der Waals surface area contributed by atoms with Crippen LogP contribution in [-0.2, 0) is 17.8 Å². The van der Waals surface area contributed by atoms with Crippen molar-refractivity contribution in [1.29, 1.82) is 0 Å². The Bertz CT molecular complexity index is 919. The first-order chi connectivity index (χ1) is 12.0. The van der Waals surface area contributed by atoms with E-state index in [4.69, 9.17) is 5.11 Å². The van der Waals surface area contributed by atoms with Gasteiger partial charge in [0.25, 0.3) is 0 Å². The molecule has 1 amide bonds. The summed E-state index contributed by atoms with van der Waals surface area (Å²) in [6.45, 7) is 0.229. The van der Waals surface area contributed by atoms with Crippen LogP contribution in [0.3, 0.4) is 0 Å². The highest BCUT2D eigenvalue weighted by atomic mass is 19.1. The average molecular weight is 341 g/mol. The molecule has 0 unspecified atom stereocenters. The van der Waals surface area contributed by atoms with Crippen molar-refractivity contribution in [3.63, 3.8) is 0 Å². The van der Waals surface area contributed by atoms with Gasteiger partial charge in [-0.1, -0.05) is 12.1 Å². The zero-order valence-corrected chi connectivity index (χ0v) is 13.3. The van der Waals surface area contributed by atoms with E-state index in [1.807, 2.05) is 0 Å². The van der Waals surface area contributed by atoms with Crippen molar-refractivity contribution in [2.24, 2.45) is 0 Å². The number of carbonyl (C=O) groups is 2. The topological polar surface area (TPSA) is 95.1 Å². The lowest BCUT2D eigenvalue weighted by Crippen LogP contribution is -2.23. The van der Waals surface area contributed by atoms with Gasteiger partial charge in [-0.15, -0.1) is 0 Å². The lowest BCUT2D eigenvalue weighted by molar-refractivity contribution is -0.121. The Morgan fingerprint density at radius 2 is 1.92 bits per heavy atom. The van der Waals surface area contributed by atoms with Gasteiger partial charge in [0.05, 0.1) is 23.1 Å². The lowest BCUT2D eigenvalue weighted by atomic mass is 10.1. The number of carbonyl (C=O) groups excluding carboxylic acids is 1. The number of fused-ring (bicyclic) bond motifs is 1. The summed E-state index contributed by atoms with van der Waals surface area (Å²) in [4.78, 5) is 30.0. The van der Waals surface area contributed by atoms with E-state index < -0.39 is 5.97 Å². The number of amides is 1. The summed E-state index contributed by atoms with van der Waals surface area (Å²) in [5.74, 6) is -0.913. The summed E-state index contributed by atoms with van der Waals surface area (Å²) in [6.07, 6.45) is 0.790. The molecule has 0 atom stereocenters. The first kappa shape index (κ1) is 16.6. The molecule has 0 aliphatic carbocycles. The zero-order chi connectivity index (χ0) is 17.8. The van der Waals surface area contributed by atoms with Crippen LogP contribution in [0.1, 0.15) is 28.2 Å². The van der Waals surface area contributed by atoms with Crippen LogP contribution in [-0.4, -0.2) is 27.0 Å². The summed E-state index contributed by atoms with van der Waals surface area (Å²) in [5.41, 5.74) is 2.33. The minimum atomic E-state index is -0.977. The number of hydrogen-bond donors (Lipinski definition) is 3. The second kappa shape index (κ2) is 7.12. The molecule has 0 fully saturated rings. The molecule has 0 spiro atoms. The number of nitrogens with one attached hydrogen (secondary N) is 2. The number of imidazole rings is 1. The number of aromatic nitrogens is 2. The molecule has 0 aliphatic rings. The Kier molecular flexibility index (Phi) is 4.74. The SMILES string of the molecule is O=C(CCc1ccc(C(=O)O)cc1)NCc1nc2ccc(F)cc2[nH]1. The number of hydrogen-bond acceptors (Lipinski definition) is 3. The van der Waals surface area contributed by atoms with Gasteiger partial charge in [-0.3, -0.25) is 4.79 Å². The molecule has 3 rings (SSSR count). The van der Waals surface area contributed by atoms with Crippen LogP contribution in [0.4, 0.5) is 4.39 Å². The Morgan fingerprint density at radius 1 is 1.16 bits per heavy atom. The molecule has 2 aromatic carbocycles. The number of aromatic amines is 1. The Balaban J connectivity index is 1.51. The molecule has 3 N–H and O–H groups in total. The number of carboxylic acids is 1. The first-order valence-electron chi connectivity index (χ1n) is 7.74. The quantitative estimate of drug-likeness (QED) is 0.642. The number of benzene rings is 2. The number of rotatable bonds is 6. The van der Waals surface area contributed by atoms with E-state index >= 15 is 0 Å². The van der Waals surface area contributed by atoms with Gasteiger partial charge in [-0.25, -0.2) is 14.2 Å². The molecule has 0 aliphatic heterocycles. The second-order valence-electron chi connectivity index (χ2n) is 5.62. The Morgan fingerprint density at radius 3 is 2.64 bits per heavy atom. The van der Waals surface area contributed by atoms with Crippen molar-refractivity contribution >= 4 is 22.9 Å². The first-order valence-corrected chi connectivity index (χ1v) is 7.74. The highest BCUT2D eigenvalue weighted by Crippen LogP contribution is 2.13. The van der Waals surface area contributed by atoms with Crippen molar-refractivity contribution in [1.82, 2.24) is 15.3 Å². The molecule has 3 aromatic rings. The molecule has 128 valence electrons. The van der Waals surface area contributed by atoms with Crippen molar-refractivity contribution in [2.75, 3.05) is 0 Å². The molecule has 6 nitrogen and oxygen atoms in total. The minimum Gasteiger partial charge on any atom is -0.478 e. The van der Waals surface area contributed by atoms with Crippen LogP contribution in [0.25, 0.3) is 11.0 Å². The molecular formula is C18H16FN3O3. The van der Waals surface area contributed by atoms with Crippen molar-refractivity contribution in [3.8, 4) is 0 Å². The van der Waals surface area contributed by atoms with E-state index in [-0.39, 0.29) is 30.3 Å². The van der Waals surface area contributed by atoms with E-state index in [1.165, 1.54) is 24.3 Å².